The zero-order valence-electron chi connectivity index (χ0n) is 25.5. The highest BCUT2D eigenvalue weighted by atomic mass is 32.2. The van der Waals surface area contributed by atoms with E-state index in [-0.39, 0.29) is 10.5 Å². The number of benzene rings is 1. The first-order chi connectivity index (χ1) is 19.6. The van der Waals surface area contributed by atoms with Gasteiger partial charge in [0.05, 0.1) is 17.1 Å². The Bertz CT molecular complexity index is 1580. The maximum Gasteiger partial charge on any atom is 0.175 e. The van der Waals surface area contributed by atoms with Crippen LogP contribution in [-0.4, -0.2) is 77.3 Å². The van der Waals surface area contributed by atoms with Crippen molar-refractivity contribution in [3.63, 3.8) is 0 Å². The van der Waals surface area contributed by atoms with E-state index in [1.165, 1.54) is 54.1 Å². The van der Waals surface area contributed by atoms with E-state index in [2.05, 4.69) is 88.4 Å². The van der Waals surface area contributed by atoms with Crippen molar-refractivity contribution in [1.82, 2.24) is 14.8 Å². The van der Waals surface area contributed by atoms with Crippen LogP contribution in [0.4, 0.5) is 10.1 Å². The van der Waals surface area contributed by atoms with E-state index >= 15 is 4.39 Å². The fraction of sp³-hybridized carbons (Fsp3) is 0.533. The van der Waals surface area contributed by atoms with Crippen LogP contribution in [0.25, 0.3) is 11.8 Å². The predicted molar refractivity (Wildman–Crippen MR) is 188 cm³/mol. The number of halogens is 1. The largest absolute Gasteiger partial charge is 0.385 e. The average molecular weight is 649 g/mol. The summed E-state index contributed by atoms with van der Waals surface area (Å²) >= 11 is 0. The molecule has 0 saturated heterocycles. The van der Waals surface area contributed by atoms with Gasteiger partial charge in [-0.3, -0.25) is 0 Å². The smallest absolute Gasteiger partial charge is 0.175 e. The molecule has 0 spiro atoms. The van der Waals surface area contributed by atoms with Crippen LogP contribution in [0.3, 0.4) is 0 Å². The van der Waals surface area contributed by atoms with Gasteiger partial charge in [0.2, 0.25) is 0 Å². The molecule has 4 atom stereocenters. The lowest BCUT2D eigenvalue weighted by molar-refractivity contribution is 0.210. The van der Waals surface area contributed by atoms with Crippen molar-refractivity contribution < 1.29 is 12.8 Å². The van der Waals surface area contributed by atoms with Gasteiger partial charge in [0.15, 0.2) is 15.0 Å². The molecule has 228 valence electrons. The molecule has 1 N–H and O–H groups in total. The molecule has 1 saturated carbocycles. The van der Waals surface area contributed by atoms with Gasteiger partial charge in [-0.1, -0.05) is 30.5 Å². The lowest BCUT2D eigenvalue weighted by Gasteiger charge is -2.34. The molecule has 42 heavy (non-hydrogen) atoms. The number of hydrogen-bond acceptors (Lipinski definition) is 5. The number of nitrogens with zero attached hydrogens (tertiary/aromatic N) is 3. The van der Waals surface area contributed by atoms with Crippen molar-refractivity contribution in [2.75, 3.05) is 38.8 Å². The first-order valence-corrected chi connectivity index (χ1v) is 18.3. The van der Waals surface area contributed by atoms with Crippen LogP contribution in [0, 0.1) is 11.8 Å². The lowest BCUT2D eigenvalue weighted by atomic mass is 9.90. The second kappa shape index (κ2) is 13.7. The molecule has 1 fully saturated rings. The normalized spacial score (nSPS) is 19.9. The molecule has 0 aliphatic heterocycles. The van der Waals surface area contributed by atoms with Crippen molar-refractivity contribution in [2.24, 2.45) is 0 Å². The molecule has 1 heterocycles. The highest BCUT2D eigenvalue weighted by Gasteiger charge is 2.27. The minimum absolute atomic E-state index is 0.0882. The van der Waals surface area contributed by atoms with Crippen molar-refractivity contribution in [3.05, 3.63) is 46.1 Å². The van der Waals surface area contributed by atoms with Gasteiger partial charge in [0, 0.05) is 59.4 Å². The molecule has 12 heteroatoms. The van der Waals surface area contributed by atoms with Gasteiger partial charge in [-0.15, -0.1) is 9.24 Å². The van der Waals surface area contributed by atoms with Crippen molar-refractivity contribution in [3.8, 4) is 11.8 Å². The van der Waals surface area contributed by atoms with Crippen LogP contribution in [0.5, 0.6) is 0 Å². The third kappa shape index (κ3) is 8.19. The van der Waals surface area contributed by atoms with E-state index in [1.54, 1.807) is 6.07 Å². The van der Waals surface area contributed by atoms with Crippen molar-refractivity contribution >= 4 is 62.9 Å². The summed E-state index contributed by atoms with van der Waals surface area (Å²) in [6, 6.07) is 7.99. The minimum atomic E-state index is -3.47. The molecule has 4 rings (SSSR count). The maximum absolute atomic E-state index is 15.1. The Morgan fingerprint density at radius 1 is 1.19 bits per heavy atom. The van der Waals surface area contributed by atoms with Gasteiger partial charge in [-0.25, -0.2) is 12.8 Å². The number of sulfone groups is 1. The Hall–Kier alpha value is -1.41. The summed E-state index contributed by atoms with van der Waals surface area (Å²) in [5, 5.41) is 4.54. The lowest BCUT2D eigenvalue weighted by Crippen LogP contribution is -2.43. The van der Waals surface area contributed by atoms with Crippen LogP contribution in [-0.2, 0) is 21.5 Å². The summed E-state index contributed by atoms with van der Waals surface area (Å²) in [6.07, 6.45) is 10.3. The fourth-order valence-electron chi connectivity index (χ4n) is 5.95. The first kappa shape index (κ1) is 33.5. The predicted octanol–water partition coefficient (Wildman–Crippen LogP) is 2.19. The number of hydrogen-bond donors (Lipinski definition) is 1. The summed E-state index contributed by atoms with van der Waals surface area (Å²) in [5.74, 6) is 6.71. The molecule has 6 nitrogen and oxygen atoms in total. The summed E-state index contributed by atoms with van der Waals surface area (Å²) in [5.41, 5.74) is 3.54. The Morgan fingerprint density at radius 3 is 2.48 bits per heavy atom. The molecule has 0 amide bonds. The second-order valence-corrected chi connectivity index (χ2v) is 17.6. The SMILES string of the molecule is BC(P)Cn1c(C#CCN(C)c2ccc(S(C)(=O)=O)cc2C(F)(P)P)cc2c1=CCCC=2NC1CCC(N(C)C)CC1. The van der Waals surface area contributed by atoms with Crippen LogP contribution in [0.15, 0.2) is 29.2 Å². The van der Waals surface area contributed by atoms with Gasteiger partial charge < -0.3 is 19.7 Å². The van der Waals surface area contributed by atoms with Gasteiger partial charge in [-0.2, -0.15) is 0 Å². The topological polar surface area (TPSA) is 57.6 Å². The molecule has 2 aliphatic carbocycles. The van der Waals surface area contributed by atoms with Crippen LogP contribution < -0.4 is 20.8 Å². The van der Waals surface area contributed by atoms with Crippen LogP contribution in [0.1, 0.15) is 49.8 Å². The van der Waals surface area contributed by atoms with Gasteiger partial charge in [0.25, 0.3) is 0 Å². The van der Waals surface area contributed by atoms with Crippen LogP contribution in [0.2, 0.25) is 0 Å². The van der Waals surface area contributed by atoms with Crippen LogP contribution >= 0.6 is 27.7 Å². The van der Waals surface area contributed by atoms with E-state index in [9.17, 15) is 8.42 Å². The molecule has 0 radical (unpaired) electrons. The number of nitrogens with one attached hydrogen (secondary N) is 1. The fourth-order valence-corrected chi connectivity index (χ4v) is 7.27. The molecule has 0 bridgehead atoms. The molecule has 2 aliphatic rings. The highest BCUT2D eigenvalue weighted by molar-refractivity contribution is 7.90. The Labute approximate surface area is 259 Å². The van der Waals surface area contributed by atoms with E-state index < -0.39 is 15.0 Å². The summed E-state index contributed by atoms with van der Waals surface area (Å²) < 4.78 is 41.6. The Balaban J connectivity index is 1.62. The highest BCUT2D eigenvalue weighted by Crippen LogP contribution is 2.45. The van der Waals surface area contributed by atoms with Gasteiger partial charge in [0.1, 0.15) is 7.85 Å². The summed E-state index contributed by atoms with van der Waals surface area (Å²) in [4.78, 5) is 4.30. The molecular weight excluding hydrogens is 603 g/mol. The molecular formula is C30H45BFN4O2P3S. The first-order valence-electron chi connectivity index (χ1n) is 14.6. The monoisotopic (exact) mass is 648 g/mol. The number of anilines is 1. The zero-order chi connectivity index (χ0) is 30.8. The average Bonchev–Trinajstić information content (AvgIpc) is 3.25. The third-order valence-corrected chi connectivity index (χ3v) is 10.2. The molecule has 4 unspecified atom stereocenters. The number of fused-ring (bicyclic) bond motifs is 1. The van der Waals surface area contributed by atoms with E-state index in [0.29, 0.717) is 29.9 Å². The molecule has 1 aromatic heterocycles. The maximum atomic E-state index is 15.1. The second-order valence-electron chi connectivity index (χ2n) is 12.1. The zero-order valence-corrected chi connectivity index (χ0v) is 29.7. The summed E-state index contributed by atoms with van der Waals surface area (Å²) in [7, 11) is 12.1. The molecule has 1 aromatic carbocycles. The standard InChI is InChI=1S/C30H45BFN4O2P3S/c1-34(2)21-12-10-20(11-13-21)33-26-8-5-9-27-24(26)17-22(36(27)19-29(31)39)7-6-16-35(3)28-15-14-23(42(4,37)38)18-25(28)30(32,40)41/h9,14-15,17-18,20-21,29,33H,5,8,10-13,16,19,31,39-41H2,1-4H3. The quantitative estimate of drug-likeness (QED) is 0.257. The van der Waals surface area contributed by atoms with Crippen molar-refractivity contribution in [2.45, 2.75) is 72.8 Å². The van der Waals surface area contributed by atoms with Gasteiger partial charge in [-0.05, 0) is 88.4 Å². The van der Waals surface area contributed by atoms with E-state index in [4.69, 9.17) is 0 Å². The number of rotatable bonds is 9. The minimum Gasteiger partial charge on any atom is -0.385 e. The van der Waals surface area contributed by atoms with E-state index in [1.807, 2.05) is 11.9 Å². The number of alkyl halides is 1. The third-order valence-electron chi connectivity index (χ3n) is 8.22. The van der Waals surface area contributed by atoms with Gasteiger partial charge >= 0.3 is 0 Å². The van der Waals surface area contributed by atoms with Crippen molar-refractivity contribution in [1.29, 1.82) is 0 Å². The van der Waals surface area contributed by atoms with E-state index in [0.717, 1.165) is 31.3 Å². The number of aromatic nitrogens is 1. The molecule has 2 aromatic rings. The Morgan fingerprint density at radius 2 is 1.88 bits per heavy atom. The Kier molecular flexibility index (Phi) is 10.9. The summed E-state index contributed by atoms with van der Waals surface area (Å²) in [6.45, 7) is 1.20.